The number of aromatic nitrogens is 3. The Balaban J connectivity index is 1.90. The van der Waals surface area contributed by atoms with Crippen LogP contribution in [0.4, 0.5) is 23.2 Å². The van der Waals surface area contributed by atoms with Crippen LogP contribution in [-0.4, -0.2) is 32.5 Å². The van der Waals surface area contributed by atoms with Gasteiger partial charge in [0.15, 0.2) is 6.04 Å². The molecule has 0 aliphatic heterocycles. The van der Waals surface area contributed by atoms with Crippen molar-refractivity contribution in [2.45, 2.75) is 32.6 Å². The number of carbonyl (C=O) groups excluding carboxylic acids is 2. The molecule has 4 aromatic rings. The van der Waals surface area contributed by atoms with Crippen LogP contribution < -0.4 is 10.6 Å². The van der Waals surface area contributed by atoms with Crippen molar-refractivity contribution < 1.29 is 27.2 Å². The predicted molar refractivity (Wildman–Crippen MR) is 126 cm³/mol. The van der Waals surface area contributed by atoms with E-state index >= 15 is 0 Å². The van der Waals surface area contributed by atoms with Crippen LogP contribution in [0, 0.1) is 5.82 Å². The molecule has 0 radical (unpaired) electrons. The van der Waals surface area contributed by atoms with E-state index in [1.54, 1.807) is 17.6 Å². The number of carbonyl (C=O) groups is 2. The van der Waals surface area contributed by atoms with E-state index in [4.69, 9.17) is 0 Å². The maximum atomic E-state index is 14.6. The van der Waals surface area contributed by atoms with Crippen LogP contribution in [-0.2, 0) is 11.3 Å². The fourth-order valence-electron chi connectivity index (χ4n) is 3.95. The number of fused-ring (bicyclic) bond motifs is 1. The number of amides is 2. The van der Waals surface area contributed by atoms with Crippen molar-refractivity contribution in [2.24, 2.45) is 0 Å². The zero-order valence-corrected chi connectivity index (χ0v) is 19.2. The van der Waals surface area contributed by atoms with Crippen molar-refractivity contribution in [3.8, 4) is 11.4 Å². The zero-order valence-electron chi connectivity index (χ0n) is 19.2. The number of imidazole rings is 1. The van der Waals surface area contributed by atoms with Gasteiger partial charge in [-0.2, -0.15) is 13.2 Å². The molecule has 0 unspecified atom stereocenters. The maximum Gasteiger partial charge on any atom is 0.414 e. The van der Waals surface area contributed by atoms with Crippen LogP contribution in [0.15, 0.2) is 60.8 Å². The number of benzene rings is 2. The molecule has 11 heteroatoms. The molecule has 1 atom stereocenters. The lowest BCUT2D eigenvalue weighted by Crippen LogP contribution is -2.38. The second kappa shape index (κ2) is 9.76. The van der Waals surface area contributed by atoms with E-state index in [2.05, 4.69) is 15.3 Å². The number of hydrogen-bond donors (Lipinski definition) is 2. The van der Waals surface area contributed by atoms with Crippen LogP contribution in [0.25, 0.3) is 22.4 Å². The maximum absolute atomic E-state index is 14.6. The Morgan fingerprint density at radius 2 is 1.81 bits per heavy atom. The molecule has 2 N–H and O–H groups in total. The first-order valence-electron chi connectivity index (χ1n) is 11.0. The van der Waals surface area contributed by atoms with Gasteiger partial charge in [-0.05, 0) is 43.3 Å². The molecule has 0 aliphatic carbocycles. The van der Waals surface area contributed by atoms with Crippen LogP contribution in [0.5, 0.6) is 0 Å². The average Bonchev–Trinajstić information content (AvgIpc) is 3.19. The van der Waals surface area contributed by atoms with Crippen molar-refractivity contribution in [1.82, 2.24) is 19.9 Å². The lowest BCUT2D eigenvalue weighted by Gasteiger charge is -2.21. The molecule has 2 aromatic carbocycles. The normalized spacial score (nSPS) is 12.4. The zero-order chi connectivity index (χ0) is 26.0. The second-order valence-electron chi connectivity index (χ2n) is 7.93. The van der Waals surface area contributed by atoms with E-state index in [1.807, 2.05) is 5.32 Å². The fraction of sp³-hybridized carbons (Fsp3) is 0.200. The Bertz CT molecular complexity index is 1430. The third kappa shape index (κ3) is 4.90. The van der Waals surface area contributed by atoms with Gasteiger partial charge in [0.1, 0.15) is 11.6 Å². The lowest BCUT2D eigenvalue weighted by atomic mass is 10.1. The first-order valence-corrected chi connectivity index (χ1v) is 11.0. The van der Waals surface area contributed by atoms with E-state index in [0.29, 0.717) is 0 Å². The van der Waals surface area contributed by atoms with E-state index < -0.39 is 29.8 Å². The van der Waals surface area contributed by atoms with Gasteiger partial charge in [-0.1, -0.05) is 18.2 Å². The number of aryl methyl sites for hydroxylation is 1. The van der Waals surface area contributed by atoms with Gasteiger partial charge < -0.3 is 15.2 Å². The average molecular weight is 499 g/mol. The van der Waals surface area contributed by atoms with Crippen molar-refractivity contribution >= 4 is 28.5 Å². The Hall–Kier alpha value is -4.28. The molecule has 0 spiro atoms. The summed E-state index contributed by atoms with van der Waals surface area (Å²) in [5.74, 6) is -1.87. The minimum atomic E-state index is -4.83. The minimum Gasteiger partial charge on any atom is -0.335 e. The first-order chi connectivity index (χ1) is 17.1. The molecule has 36 heavy (non-hydrogen) atoms. The first kappa shape index (κ1) is 24.8. The van der Waals surface area contributed by atoms with Gasteiger partial charge in [0.05, 0.1) is 27.9 Å². The second-order valence-corrected chi connectivity index (χ2v) is 7.93. The number of anilines is 1. The standard InChI is InChI=1S/C25H21F4N5O2/c1-3-34-21-17(24(36)33-22(25(27,28)29)19-10-6-7-11-30-19)12-15(31-14(2)35)13-20(21)32-23(34)16-8-4-5-9-18(16)26/h4-13,22H,3H2,1-2H3,(H,31,35)(H,33,36)/t22-/m0/s1. The van der Waals surface area contributed by atoms with Crippen LogP contribution in [0.1, 0.15) is 35.9 Å². The fourth-order valence-corrected chi connectivity index (χ4v) is 3.95. The van der Waals surface area contributed by atoms with Crippen LogP contribution >= 0.6 is 0 Å². The smallest absolute Gasteiger partial charge is 0.335 e. The summed E-state index contributed by atoms with van der Waals surface area (Å²) in [6, 6.07) is 10.3. The molecule has 2 aromatic heterocycles. The Kier molecular flexibility index (Phi) is 6.73. The highest BCUT2D eigenvalue weighted by molar-refractivity contribution is 6.08. The Labute approximate surface area is 203 Å². The number of hydrogen-bond acceptors (Lipinski definition) is 4. The van der Waals surface area contributed by atoms with Crippen LogP contribution in [0.2, 0.25) is 0 Å². The highest BCUT2D eigenvalue weighted by Crippen LogP contribution is 2.34. The molecule has 4 rings (SSSR count). The Morgan fingerprint density at radius 3 is 2.42 bits per heavy atom. The molecule has 2 amide bonds. The molecule has 0 fully saturated rings. The molecule has 0 saturated heterocycles. The van der Waals surface area contributed by atoms with Crippen molar-refractivity contribution in [3.05, 3.63) is 77.9 Å². The highest BCUT2D eigenvalue weighted by atomic mass is 19.4. The summed E-state index contributed by atoms with van der Waals surface area (Å²) in [6.07, 6.45) is -3.63. The van der Waals surface area contributed by atoms with Gasteiger partial charge in [-0.15, -0.1) is 0 Å². The summed E-state index contributed by atoms with van der Waals surface area (Å²) >= 11 is 0. The number of nitrogens with zero attached hydrogens (tertiary/aromatic N) is 3. The molecule has 0 aliphatic rings. The molecule has 2 heterocycles. The van der Waals surface area contributed by atoms with Gasteiger partial charge in [0, 0.05) is 25.4 Å². The molecule has 0 bridgehead atoms. The third-order valence-electron chi connectivity index (χ3n) is 5.42. The van der Waals surface area contributed by atoms with Crippen molar-refractivity contribution in [2.75, 3.05) is 5.32 Å². The minimum absolute atomic E-state index is 0.155. The van der Waals surface area contributed by atoms with E-state index in [9.17, 15) is 27.2 Å². The quantitative estimate of drug-likeness (QED) is 0.355. The largest absolute Gasteiger partial charge is 0.414 e. The van der Waals surface area contributed by atoms with E-state index in [1.165, 1.54) is 55.6 Å². The number of halogens is 4. The number of nitrogens with one attached hydrogen (secondary N) is 2. The van der Waals surface area contributed by atoms with Gasteiger partial charge in [-0.25, -0.2) is 9.37 Å². The molecular formula is C25H21F4N5O2. The van der Waals surface area contributed by atoms with Crippen molar-refractivity contribution in [3.63, 3.8) is 0 Å². The van der Waals surface area contributed by atoms with Gasteiger partial charge in [-0.3, -0.25) is 14.6 Å². The topological polar surface area (TPSA) is 88.9 Å². The molecule has 186 valence electrons. The van der Waals surface area contributed by atoms with Gasteiger partial charge in [0.2, 0.25) is 5.91 Å². The number of pyridine rings is 1. The summed E-state index contributed by atoms with van der Waals surface area (Å²) in [6.45, 7) is 3.23. The van der Waals surface area contributed by atoms with Crippen LogP contribution in [0.3, 0.4) is 0 Å². The summed E-state index contributed by atoms with van der Waals surface area (Å²) in [7, 11) is 0. The summed E-state index contributed by atoms with van der Waals surface area (Å²) in [4.78, 5) is 33.2. The summed E-state index contributed by atoms with van der Waals surface area (Å²) < 4.78 is 57.8. The van der Waals surface area contributed by atoms with E-state index in [0.717, 1.165) is 6.07 Å². The number of rotatable bonds is 6. The predicted octanol–water partition coefficient (Wildman–Crippen LogP) is 5.25. The lowest BCUT2D eigenvalue weighted by molar-refractivity contribution is -0.156. The number of alkyl halides is 3. The monoisotopic (exact) mass is 499 g/mol. The van der Waals surface area contributed by atoms with Crippen molar-refractivity contribution in [1.29, 1.82) is 0 Å². The Morgan fingerprint density at radius 1 is 1.08 bits per heavy atom. The van der Waals surface area contributed by atoms with Gasteiger partial charge >= 0.3 is 6.18 Å². The SMILES string of the molecule is CCn1c(-c2ccccc2F)nc2cc(NC(C)=O)cc(C(=O)N[C@@H](c3ccccn3)C(F)(F)F)c21. The molecule has 0 saturated carbocycles. The highest BCUT2D eigenvalue weighted by Gasteiger charge is 2.43. The summed E-state index contributed by atoms with van der Waals surface area (Å²) in [5.41, 5.74) is 0.159. The molecular weight excluding hydrogens is 478 g/mol. The van der Waals surface area contributed by atoms with E-state index in [-0.39, 0.29) is 45.9 Å². The van der Waals surface area contributed by atoms with Gasteiger partial charge in [0.25, 0.3) is 5.91 Å². The summed E-state index contributed by atoms with van der Waals surface area (Å²) in [5, 5.41) is 4.55. The third-order valence-corrected chi connectivity index (χ3v) is 5.42. The molecule has 7 nitrogen and oxygen atoms in total.